The number of thiol groups is 2. The van der Waals surface area contributed by atoms with E-state index in [1.54, 1.807) is 0 Å². The van der Waals surface area contributed by atoms with E-state index in [1.807, 2.05) is 6.07 Å². The molecule has 1 aromatic carbocycles. The smallest absolute Gasteiger partial charge is 0.0585 e. The number of hydrogen-bond acceptors (Lipinski definition) is 3. The Labute approximate surface area is 102 Å². The summed E-state index contributed by atoms with van der Waals surface area (Å²) < 4.78 is 5.36. The molecule has 0 radical (unpaired) electrons. The van der Waals surface area contributed by atoms with Crippen LogP contribution in [0.15, 0.2) is 21.9 Å². The SMILES string of the molecule is CCC1(c2ccc(S)c(S)c2C)COC1. The van der Waals surface area contributed by atoms with Gasteiger partial charge in [-0.05, 0) is 30.5 Å². The third-order valence-electron chi connectivity index (χ3n) is 3.41. The van der Waals surface area contributed by atoms with Gasteiger partial charge >= 0.3 is 0 Å². The van der Waals surface area contributed by atoms with Crippen molar-refractivity contribution in [3.8, 4) is 0 Å². The molecule has 15 heavy (non-hydrogen) atoms. The van der Waals surface area contributed by atoms with Gasteiger partial charge in [0.2, 0.25) is 0 Å². The van der Waals surface area contributed by atoms with Crippen LogP contribution in [0, 0.1) is 6.92 Å². The topological polar surface area (TPSA) is 9.23 Å². The van der Waals surface area contributed by atoms with Gasteiger partial charge in [0.15, 0.2) is 0 Å². The zero-order valence-electron chi connectivity index (χ0n) is 9.08. The molecule has 0 bridgehead atoms. The van der Waals surface area contributed by atoms with Crippen LogP contribution in [-0.2, 0) is 10.2 Å². The molecule has 0 spiro atoms. The highest BCUT2D eigenvalue weighted by Gasteiger charge is 2.39. The molecule has 0 aliphatic carbocycles. The van der Waals surface area contributed by atoms with Crippen LogP contribution in [0.5, 0.6) is 0 Å². The minimum absolute atomic E-state index is 0.225. The van der Waals surface area contributed by atoms with Gasteiger partial charge in [-0.3, -0.25) is 0 Å². The molecule has 1 heterocycles. The largest absolute Gasteiger partial charge is 0.379 e. The Morgan fingerprint density at radius 1 is 1.33 bits per heavy atom. The predicted molar refractivity (Wildman–Crippen MR) is 68.5 cm³/mol. The zero-order valence-corrected chi connectivity index (χ0v) is 10.9. The lowest BCUT2D eigenvalue weighted by molar-refractivity contribution is -0.0624. The standard InChI is InChI=1S/C12H16OS2/c1-3-12(6-13-7-12)9-4-5-10(14)11(15)8(9)2/h4-5,14-15H,3,6-7H2,1-2H3. The summed E-state index contributed by atoms with van der Waals surface area (Å²) in [5, 5.41) is 0. The highest BCUT2D eigenvalue weighted by atomic mass is 32.1. The molecule has 3 heteroatoms. The molecule has 0 amide bonds. The predicted octanol–water partition coefficient (Wildman–Crippen LogP) is 3.25. The Morgan fingerprint density at radius 2 is 2.00 bits per heavy atom. The minimum Gasteiger partial charge on any atom is -0.379 e. The van der Waals surface area contributed by atoms with Crippen LogP contribution in [0.1, 0.15) is 24.5 Å². The normalized spacial score (nSPS) is 18.7. The van der Waals surface area contributed by atoms with Crippen molar-refractivity contribution in [2.45, 2.75) is 35.5 Å². The third kappa shape index (κ3) is 1.71. The summed E-state index contributed by atoms with van der Waals surface area (Å²) >= 11 is 8.88. The van der Waals surface area contributed by atoms with E-state index in [0.29, 0.717) is 0 Å². The molecule has 1 nitrogen and oxygen atoms in total. The average molecular weight is 240 g/mol. The maximum Gasteiger partial charge on any atom is 0.0585 e. The minimum atomic E-state index is 0.225. The van der Waals surface area contributed by atoms with Crippen LogP contribution in [0.3, 0.4) is 0 Å². The van der Waals surface area contributed by atoms with Gasteiger partial charge in [-0.1, -0.05) is 13.0 Å². The molecule has 0 saturated carbocycles. The molecule has 82 valence electrons. The second-order valence-corrected chi connectivity index (χ2v) is 5.16. The van der Waals surface area contributed by atoms with Crippen molar-refractivity contribution >= 4 is 25.3 Å². The van der Waals surface area contributed by atoms with Gasteiger partial charge in [0, 0.05) is 15.2 Å². The summed E-state index contributed by atoms with van der Waals surface area (Å²) in [6.45, 7) is 6.01. The number of hydrogen-bond donors (Lipinski definition) is 2. The fraction of sp³-hybridized carbons (Fsp3) is 0.500. The molecule has 1 aliphatic rings. The van der Waals surface area contributed by atoms with Crippen LogP contribution in [0.2, 0.25) is 0 Å². The van der Waals surface area contributed by atoms with Gasteiger partial charge in [-0.15, -0.1) is 25.3 Å². The molecule has 1 fully saturated rings. The van der Waals surface area contributed by atoms with Gasteiger partial charge in [-0.2, -0.15) is 0 Å². The summed E-state index contributed by atoms with van der Waals surface area (Å²) in [4.78, 5) is 1.95. The number of rotatable bonds is 2. The van der Waals surface area contributed by atoms with Gasteiger partial charge in [-0.25, -0.2) is 0 Å². The van der Waals surface area contributed by atoms with Crippen LogP contribution in [0.4, 0.5) is 0 Å². The first-order valence-electron chi connectivity index (χ1n) is 5.20. The second kappa shape index (κ2) is 4.04. The van der Waals surface area contributed by atoms with Gasteiger partial charge in [0.25, 0.3) is 0 Å². The Morgan fingerprint density at radius 3 is 2.47 bits per heavy atom. The fourth-order valence-corrected chi connectivity index (χ4v) is 2.60. The number of ether oxygens (including phenoxy) is 1. The molecule has 0 atom stereocenters. The van der Waals surface area contributed by atoms with Crippen molar-refractivity contribution < 1.29 is 4.74 Å². The lowest BCUT2D eigenvalue weighted by atomic mass is 9.74. The Kier molecular flexibility index (Phi) is 3.06. The Bertz CT molecular complexity index is 378. The molecule has 2 rings (SSSR count). The molecular weight excluding hydrogens is 224 g/mol. The van der Waals surface area contributed by atoms with Gasteiger partial charge < -0.3 is 4.74 Å². The Balaban J connectivity index is 2.49. The monoisotopic (exact) mass is 240 g/mol. The van der Waals surface area contributed by atoms with E-state index in [9.17, 15) is 0 Å². The summed E-state index contributed by atoms with van der Waals surface area (Å²) in [7, 11) is 0. The summed E-state index contributed by atoms with van der Waals surface area (Å²) in [5.41, 5.74) is 2.85. The molecule has 1 saturated heterocycles. The second-order valence-electron chi connectivity index (χ2n) is 4.23. The quantitative estimate of drug-likeness (QED) is 0.755. The van der Waals surface area contributed by atoms with Crippen molar-refractivity contribution in [2.75, 3.05) is 13.2 Å². The maximum atomic E-state index is 5.36. The molecule has 1 aromatic rings. The lowest BCUT2D eigenvalue weighted by Gasteiger charge is -2.42. The van der Waals surface area contributed by atoms with Crippen molar-refractivity contribution in [3.63, 3.8) is 0 Å². The van der Waals surface area contributed by atoms with Crippen molar-refractivity contribution in [1.82, 2.24) is 0 Å². The summed E-state index contributed by atoms with van der Waals surface area (Å²) in [5.74, 6) is 0. The van der Waals surface area contributed by atoms with E-state index in [-0.39, 0.29) is 5.41 Å². The highest BCUT2D eigenvalue weighted by Crippen LogP contribution is 2.40. The van der Waals surface area contributed by atoms with Crippen molar-refractivity contribution in [2.24, 2.45) is 0 Å². The van der Waals surface area contributed by atoms with Crippen LogP contribution in [0.25, 0.3) is 0 Å². The fourth-order valence-electron chi connectivity index (χ4n) is 2.16. The maximum absolute atomic E-state index is 5.36. The average Bonchev–Trinajstić information content (AvgIpc) is 2.17. The van der Waals surface area contributed by atoms with E-state index in [1.165, 1.54) is 11.1 Å². The van der Waals surface area contributed by atoms with Crippen LogP contribution < -0.4 is 0 Å². The molecular formula is C12H16OS2. The first-order valence-corrected chi connectivity index (χ1v) is 6.10. The molecule has 0 N–H and O–H groups in total. The first kappa shape index (κ1) is 11.4. The van der Waals surface area contributed by atoms with E-state index in [4.69, 9.17) is 4.74 Å². The third-order valence-corrected chi connectivity index (χ3v) is 4.54. The van der Waals surface area contributed by atoms with Gasteiger partial charge in [0.1, 0.15) is 0 Å². The van der Waals surface area contributed by atoms with Crippen molar-refractivity contribution in [3.05, 3.63) is 23.3 Å². The molecule has 1 aliphatic heterocycles. The zero-order chi connectivity index (χ0) is 11.1. The molecule has 0 aromatic heterocycles. The van der Waals surface area contributed by atoms with Crippen LogP contribution in [-0.4, -0.2) is 13.2 Å². The lowest BCUT2D eigenvalue weighted by Crippen LogP contribution is -2.46. The first-order chi connectivity index (χ1) is 7.10. The molecule has 0 unspecified atom stereocenters. The van der Waals surface area contributed by atoms with E-state index in [0.717, 1.165) is 29.4 Å². The van der Waals surface area contributed by atoms with Crippen LogP contribution >= 0.6 is 25.3 Å². The number of benzene rings is 1. The Hall–Kier alpha value is -0.120. The van der Waals surface area contributed by atoms with E-state index >= 15 is 0 Å². The summed E-state index contributed by atoms with van der Waals surface area (Å²) in [6, 6.07) is 4.20. The van der Waals surface area contributed by atoms with Crippen molar-refractivity contribution in [1.29, 1.82) is 0 Å². The van der Waals surface area contributed by atoms with Gasteiger partial charge in [0.05, 0.1) is 13.2 Å². The van der Waals surface area contributed by atoms with E-state index in [2.05, 4.69) is 45.2 Å². The summed E-state index contributed by atoms with van der Waals surface area (Å²) in [6.07, 6.45) is 1.12. The van der Waals surface area contributed by atoms with E-state index < -0.39 is 0 Å². The highest BCUT2D eigenvalue weighted by molar-refractivity contribution is 7.83.